The van der Waals surface area contributed by atoms with Crippen molar-refractivity contribution < 1.29 is 9.18 Å². The van der Waals surface area contributed by atoms with Gasteiger partial charge in [0.25, 0.3) is 0 Å². The monoisotopic (exact) mass is 266 g/mol. The average Bonchev–Trinajstić information content (AvgIpc) is 2.39. The molecular weight excluding hydrogens is 243 g/mol. The van der Waals surface area contributed by atoms with Gasteiger partial charge in [-0.1, -0.05) is 25.5 Å². The molecule has 1 atom stereocenters. The number of aryl methyl sites for hydroxylation is 2. The average molecular weight is 266 g/mol. The van der Waals surface area contributed by atoms with Crippen LogP contribution in [0.1, 0.15) is 36.5 Å². The molecule has 0 radical (unpaired) electrons. The van der Waals surface area contributed by atoms with Gasteiger partial charge in [-0.3, -0.25) is 4.79 Å². The molecule has 0 saturated heterocycles. The van der Waals surface area contributed by atoms with Crippen molar-refractivity contribution in [3.8, 4) is 0 Å². The van der Waals surface area contributed by atoms with Gasteiger partial charge in [0, 0.05) is 13.0 Å². The molecule has 1 amide bonds. The summed E-state index contributed by atoms with van der Waals surface area (Å²) in [5.41, 5.74) is 7.71. The Kier molecular flexibility index (Phi) is 5.96. The maximum Gasteiger partial charge on any atom is 0.220 e. The molecule has 0 heterocycles. The highest BCUT2D eigenvalue weighted by molar-refractivity contribution is 5.76. The Balaban J connectivity index is 2.55. The van der Waals surface area contributed by atoms with E-state index in [1.54, 1.807) is 26.0 Å². The van der Waals surface area contributed by atoms with E-state index in [0.29, 0.717) is 30.6 Å². The highest BCUT2D eigenvalue weighted by Gasteiger charge is 2.10. The van der Waals surface area contributed by atoms with Gasteiger partial charge in [0.1, 0.15) is 5.82 Å². The molecule has 3 nitrogen and oxygen atoms in total. The van der Waals surface area contributed by atoms with Crippen molar-refractivity contribution in [2.75, 3.05) is 6.54 Å². The van der Waals surface area contributed by atoms with Crippen molar-refractivity contribution in [3.63, 3.8) is 0 Å². The molecule has 0 aliphatic carbocycles. The van der Waals surface area contributed by atoms with E-state index in [-0.39, 0.29) is 17.6 Å². The second-order valence-corrected chi connectivity index (χ2v) is 5.03. The van der Waals surface area contributed by atoms with Gasteiger partial charge in [-0.15, -0.1) is 0 Å². The van der Waals surface area contributed by atoms with Crippen molar-refractivity contribution in [2.45, 2.75) is 40.2 Å². The Labute approximate surface area is 114 Å². The summed E-state index contributed by atoms with van der Waals surface area (Å²) in [6.07, 6.45) is 1.35. The normalized spacial score (nSPS) is 12.3. The van der Waals surface area contributed by atoms with E-state index >= 15 is 0 Å². The quantitative estimate of drug-likeness (QED) is 0.831. The topological polar surface area (TPSA) is 55.1 Å². The Morgan fingerprint density at radius 1 is 1.37 bits per heavy atom. The van der Waals surface area contributed by atoms with Crippen LogP contribution in [0.4, 0.5) is 4.39 Å². The summed E-state index contributed by atoms with van der Waals surface area (Å²) in [6.45, 7) is 6.45. The number of halogens is 1. The Morgan fingerprint density at radius 2 is 1.95 bits per heavy atom. The Hall–Kier alpha value is -1.42. The van der Waals surface area contributed by atoms with Crippen LogP contribution in [0.3, 0.4) is 0 Å². The lowest BCUT2D eigenvalue weighted by Gasteiger charge is -2.12. The summed E-state index contributed by atoms with van der Waals surface area (Å²) < 4.78 is 13.5. The van der Waals surface area contributed by atoms with Gasteiger partial charge in [-0.05, 0) is 43.0 Å². The molecule has 1 aromatic carbocycles. The third kappa shape index (κ3) is 4.63. The molecule has 4 heteroatoms. The summed E-state index contributed by atoms with van der Waals surface area (Å²) in [5.74, 6) is 0.0536. The van der Waals surface area contributed by atoms with E-state index in [9.17, 15) is 9.18 Å². The van der Waals surface area contributed by atoms with E-state index in [0.717, 1.165) is 12.0 Å². The third-order valence-corrected chi connectivity index (χ3v) is 3.37. The zero-order valence-electron chi connectivity index (χ0n) is 11.9. The summed E-state index contributed by atoms with van der Waals surface area (Å²) >= 11 is 0. The fourth-order valence-corrected chi connectivity index (χ4v) is 2.07. The third-order valence-electron chi connectivity index (χ3n) is 3.37. The number of benzene rings is 1. The fourth-order valence-electron chi connectivity index (χ4n) is 2.07. The Bertz CT molecular complexity index is 419. The summed E-state index contributed by atoms with van der Waals surface area (Å²) in [5, 5.41) is 2.86. The van der Waals surface area contributed by atoms with E-state index < -0.39 is 0 Å². The predicted octanol–water partition coefficient (Wildman–Crippen LogP) is 2.43. The number of nitrogens with one attached hydrogen (secondary N) is 1. The van der Waals surface area contributed by atoms with Crippen LogP contribution in [0, 0.1) is 25.6 Å². The van der Waals surface area contributed by atoms with Crippen LogP contribution in [0.2, 0.25) is 0 Å². The van der Waals surface area contributed by atoms with Crippen LogP contribution >= 0.6 is 0 Å². The van der Waals surface area contributed by atoms with E-state index in [1.807, 2.05) is 6.92 Å². The largest absolute Gasteiger partial charge is 0.352 e. The van der Waals surface area contributed by atoms with Gasteiger partial charge in [-0.25, -0.2) is 4.39 Å². The van der Waals surface area contributed by atoms with Gasteiger partial charge >= 0.3 is 0 Å². The smallest absolute Gasteiger partial charge is 0.220 e. The molecule has 0 bridgehead atoms. The number of hydrogen-bond donors (Lipinski definition) is 2. The van der Waals surface area contributed by atoms with Crippen LogP contribution in [-0.4, -0.2) is 12.5 Å². The van der Waals surface area contributed by atoms with Gasteiger partial charge in [0.05, 0.1) is 0 Å². The van der Waals surface area contributed by atoms with Crippen LogP contribution in [0.5, 0.6) is 0 Å². The minimum absolute atomic E-state index is 0.00284. The van der Waals surface area contributed by atoms with Gasteiger partial charge in [0.15, 0.2) is 0 Å². The first-order valence-corrected chi connectivity index (χ1v) is 6.70. The number of nitrogens with two attached hydrogens (primary N) is 1. The van der Waals surface area contributed by atoms with E-state index in [4.69, 9.17) is 5.73 Å². The van der Waals surface area contributed by atoms with Crippen LogP contribution in [0.25, 0.3) is 0 Å². The minimum Gasteiger partial charge on any atom is -0.352 e. The molecule has 3 N–H and O–H groups in total. The first-order chi connectivity index (χ1) is 8.97. The Morgan fingerprint density at radius 3 is 2.42 bits per heavy atom. The number of amides is 1. The van der Waals surface area contributed by atoms with Gasteiger partial charge in [-0.2, -0.15) is 0 Å². The molecule has 0 aliphatic heterocycles. The molecule has 19 heavy (non-hydrogen) atoms. The molecule has 0 aromatic heterocycles. The first-order valence-electron chi connectivity index (χ1n) is 6.70. The fraction of sp³-hybridized carbons (Fsp3) is 0.533. The molecule has 0 spiro atoms. The zero-order chi connectivity index (χ0) is 14.4. The molecule has 1 unspecified atom stereocenters. The van der Waals surface area contributed by atoms with Crippen LogP contribution in [-0.2, 0) is 11.3 Å². The molecule has 0 fully saturated rings. The van der Waals surface area contributed by atoms with Gasteiger partial charge < -0.3 is 11.1 Å². The lowest BCUT2D eigenvalue weighted by Crippen LogP contribution is -2.27. The van der Waals surface area contributed by atoms with Crippen molar-refractivity contribution in [3.05, 3.63) is 34.6 Å². The summed E-state index contributed by atoms with van der Waals surface area (Å²) in [6, 6.07) is 3.53. The second-order valence-electron chi connectivity index (χ2n) is 5.03. The highest BCUT2D eigenvalue weighted by Crippen LogP contribution is 2.14. The number of carbonyl (C=O) groups is 1. The van der Waals surface area contributed by atoms with Crippen molar-refractivity contribution in [2.24, 2.45) is 11.7 Å². The number of carbonyl (C=O) groups excluding carboxylic acids is 1. The molecule has 1 rings (SSSR count). The molecule has 0 aliphatic rings. The standard InChI is InChI=1S/C15H23FN2O/c1-4-12(8-17)7-14(19)18-9-13-5-10(2)15(16)11(3)6-13/h5-6,12H,4,7-9,17H2,1-3H3,(H,18,19). The highest BCUT2D eigenvalue weighted by atomic mass is 19.1. The first kappa shape index (κ1) is 15.6. The van der Waals surface area contributed by atoms with Crippen molar-refractivity contribution in [1.29, 1.82) is 0 Å². The minimum atomic E-state index is -0.177. The van der Waals surface area contributed by atoms with Gasteiger partial charge in [0.2, 0.25) is 5.91 Å². The SMILES string of the molecule is CCC(CN)CC(=O)NCc1cc(C)c(F)c(C)c1. The van der Waals surface area contributed by atoms with Crippen LogP contribution in [0.15, 0.2) is 12.1 Å². The number of rotatable bonds is 6. The van der Waals surface area contributed by atoms with Crippen molar-refractivity contribution >= 4 is 5.91 Å². The maximum absolute atomic E-state index is 13.5. The predicted molar refractivity (Wildman–Crippen MR) is 75.2 cm³/mol. The van der Waals surface area contributed by atoms with E-state index in [2.05, 4.69) is 5.32 Å². The second kappa shape index (κ2) is 7.24. The maximum atomic E-state index is 13.5. The van der Waals surface area contributed by atoms with Crippen molar-refractivity contribution in [1.82, 2.24) is 5.32 Å². The lowest BCUT2D eigenvalue weighted by atomic mass is 10.0. The summed E-state index contributed by atoms with van der Waals surface area (Å²) in [4.78, 5) is 11.7. The van der Waals surface area contributed by atoms with E-state index in [1.165, 1.54) is 0 Å². The number of hydrogen-bond acceptors (Lipinski definition) is 2. The molecule has 0 saturated carbocycles. The lowest BCUT2D eigenvalue weighted by molar-refractivity contribution is -0.122. The summed E-state index contributed by atoms with van der Waals surface area (Å²) in [7, 11) is 0. The zero-order valence-corrected chi connectivity index (χ0v) is 11.9. The molecular formula is C15H23FN2O. The van der Waals surface area contributed by atoms with Crippen LogP contribution < -0.4 is 11.1 Å². The molecule has 1 aromatic rings. The molecule has 106 valence electrons.